The second-order valence-corrected chi connectivity index (χ2v) is 8.05. The molecule has 0 bridgehead atoms. The van der Waals surface area contributed by atoms with Crippen molar-refractivity contribution in [1.29, 1.82) is 0 Å². The van der Waals surface area contributed by atoms with Gasteiger partial charge in [0, 0.05) is 37.0 Å². The molecule has 0 radical (unpaired) electrons. The number of aromatic nitrogens is 2. The van der Waals surface area contributed by atoms with Crippen LogP contribution in [0.5, 0.6) is 0 Å². The molecule has 4 N–H and O–H groups in total. The first kappa shape index (κ1) is 16.6. The number of nitrogens with zero attached hydrogens (tertiary/aromatic N) is 2. The van der Waals surface area contributed by atoms with Gasteiger partial charge in [-0.25, -0.2) is 0 Å². The Balaban J connectivity index is 1.52. The van der Waals surface area contributed by atoms with Crippen LogP contribution in [0.15, 0.2) is 6.20 Å². The molecule has 25 heavy (non-hydrogen) atoms. The molecule has 136 valence electrons. The van der Waals surface area contributed by atoms with E-state index in [4.69, 9.17) is 5.73 Å². The molecule has 6 nitrogen and oxygen atoms in total. The van der Waals surface area contributed by atoms with E-state index in [1.165, 1.54) is 19.3 Å². The number of fused-ring (bicyclic) bond motifs is 1. The summed E-state index contributed by atoms with van der Waals surface area (Å²) in [5.41, 5.74) is 9.34. The first-order valence-electron chi connectivity index (χ1n) is 9.66. The Labute approximate surface area is 149 Å². The molecule has 1 atom stereocenters. The van der Waals surface area contributed by atoms with Crippen molar-refractivity contribution >= 4 is 12.0 Å². The number of aryl methyl sites for hydroxylation is 1. The van der Waals surface area contributed by atoms with Crippen LogP contribution in [0, 0.1) is 11.8 Å². The van der Waals surface area contributed by atoms with E-state index >= 15 is 0 Å². The van der Waals surface area contributed by atoms with Crippen LogP contribution >= 0.6 is 0 Å². The van der Waals surface area contributed by atoms with Crippen LogP contribution in [-0.2, 0) is 16.9 Å². The SMILES string of the molecule is CC1CN(C(=O)CCc2[nH]nc3c2C(N)(C2CCCCC2)NC=C3)C1. The molecule has 1 unspecified atom stereocenters. The average molecular weight is 343 g/mol. The molecule has 6 heteroatoms. The number of carbonyl (C=O) groups is 1. The molecule has 1 aromatic rings. The van der Waals surface area contributed by atoms with Crippen molar-refractivity contribution in [2.75, 3.05) is 13.1 Å². The van der Waals surface area contributed by atoms with Crippen molar-refractivity contribution in [2.24, 2.45) is 17.6 Å². The Hall–Kier alpha value is -1.82. The Kier molecular flexibility index (Phi) is 4.31. The number of amides is 1. The van der Waals surface area contributed by atoms with Gasteiger partial charge >= 0.3 is 0 Å². The van der Waals surface area contributed by atoms with Crippen LogP contribution in [0.25, 0.3) is 6.08 Å². The zero-order valence-electron chi connectivity index (χ0n) is 15.1. The fourth-order valence-electron chi connectivity index (χ4n) is 4.66. The van der Waals surface area contributed by atoms with Crippen LogP contribution in [0.4, 0.5) is 0 Å². The van der Waals surface area contributed by atoms with E-state index in [0.717, 1.165) is 42.9 Å². The minimum absolute atomic E-state index is 0.237. The third kappa shape index (κ3) is 2.97. The highest BCUT2D eigenvalue weighted by atomic mass is 16.2. The van der Waals surface area contributed by atoms with E-state index in [2.05, 4.69) is 22.4 Å². The Morgan fingerprint density at radius 3 is 2.84 bits per heavy atom. The minimum Gasteiger partial charge on any atom is -0.369 e. The molecule has 1 aromatic heterocycles. The smallest absolute Gasteiger partial charge is 0.222 e. The molecule has 1 saturated heterocycles. The lowest BCUT2D eigenvalue weighted by molar-refractivity contribution is -0.137. The molecule has 2 fully saturated rings. The Morgan fingerprint density at radius 2 is 2.12 bits per heavy atom. The lowest BCUT2D eigenvalue weighted by Crippen LogP contribution is -2.56. The second-order valence-electron chi connectivity index (χ2n) is 8.05. The van der Waals surface area contributed by atoms with E-state index in [0.29, 0.717) is 24.7 Å². The van der Waals surface area contributed by atoms with Crippen LogP contribution in [0.3, 0.4) is 0 Å². The summed E-state index contributed by atoms with van der Waals surface area (Å²) in [7, 11) is 0. The number of nitrogens with two attached hydrogens (primary N) is 1. The van der Waals surface area contributed by atoms with Gasteiger partial charge in [-0.15, -0.1) is 0 Å². The zero-order chi connectivity index (χ0) is 17.4. The van der Waals surface area contributed by atoms with Crippen LogP contribution in [-0.4, -0.2) is 34.1 Å². The van der Waals surface area contributed by atoms with E-state index < -0.39 is 5.66 Å². The van der Waals surface area contributed by atoms with Gasteiger partial charge in [-0.2, -0.15) is 5.10 Å². The number of aromatic amines is 1. The fraction of sp³-hybridized carbons (Fsp3) is 0.684. The van der Waals surface area contributed by atoms with Gasteiger partial charge < -0.3 is 16.0 Å². The second kappa shape index (κ2) is 6.48. The van der Waals surface area contributed by atoms with Crippen LogP contribution in [0.2, 0.25) is 0 Å². The van der Waals surface area contributed by atoms with Gasteiger partial charge in [0.25, 0.3) is 0 Å². The predicted molar refractivity (Wildman–Crippen MR) is 97.3 cm³/mol. The minimum atomic E-state index is -0.568. The summed E-state index contributed by atoms with van der Waals surface area (Å²) in [5.74, 6) is 1.29. The van der Waals surface area contributed by atoms with Gasteiger partial charge in [-0.05, 0) is 37.2 Å². The lowest BCUT2D eigenvalue weighted by Gasteiger charge is -2.42. The van der Waals surface area contributed by atoms with Crippen LogP contribution in [0.1, 0.15) is 62.4 Å². The molecule has 1 saturated carbocycles. The molecule has 1 aliphatic carbocycles. The highest BCUT2D eigenvalue weighted by Crippen LogP contribution is 2.40. The van der Waals surface area contributed by atoms with Crippen molar-refractivity contribution in [2.45, 2.75) is 57.5 Å². The molecular formula is C19H29N5O. The normalized spacial score (nSPS) is 26.9. The van der Waals surface area contributed by atoms with Crippen molar-refractivity contribution < 1.29 is 4.79 Å². The molecule has 3 heterocycles. The summed E-state index contributed by atoms with van der Waals surface area (Å²) in [6, 6.07) is 0. The fourth-order valence-corrected chi connectivity index (χ4v) is 4.66. The largest absolute Gasteiger partial charge is 0.369 e. The molecule has 0 aromatic carbocycles. The van der Waals surface area contributed by atoms with Gasteiger partial charge in [0.15, 0.2) is 0 Å². The Morgan fingerprint density at radius 1 is 1.36 bits per heavy atom. The third-order valence-electron chi connectivity index (χ3n) is 6.10. The monoisotopic (exact) mass is 343 g/mol. The summed E-state index contributed by atoms with van der Waals surface area (Å²) < 4.78 is 0. The van der Waals surface area contributed by atoms with Gasteiger partial charge in [-0.3, -0.25) is 9.89 Å². The highest BCUT2D eigenvalue weighted by Gasteiger charge is 2.42. The predicted octanol–water partition coefficient (Wildman–Crippen LogP) is 2.09. The first-order valence-corrected chi connectivity index (χ1v) is 9.66. The molecule has 4 rings (SSSR count). The standard InChI is InChI=1S/C19H29N5O/c1-13-11-24(12-13)17(25)8-7-15-18-16(23-22-15)9-10-21-19(18,20)14-5-3-2-4-6-14/h9-10,13-14,21H,2-8,11-12,20H2,1H3,(H,22,23). The van der Waals surface area contributed by atoms with Crippen LogP contribution < -0.4 is 11.1 Å². The number of hydrogen-bond acceptors (Lipinski definition) is 4. The zero-order valence-corrected chi connectivity index (χ0v) is 15.1. The van der Waals surface area contributed by atoms with Gasteiger partial charge in [-0.1, -0.05) is 26.2 Å². The first-order chi connectivity index (χ1) is 12.1. The molecule has 0 spiro atoms. The van der Waals surface area contributed by atoms with Crippen molar-refractivity contribution in [1.82, 2.24) is 20.4 Å². The lowest BCUT2D eigenvalue weighted by atomic mass is 9.75. The summed E-state index contributed by atoms with van der Waals surface area (Å²) in [6.45, 7) is 3.97. The molecule has 3 aliphatic rings. The van der Waals surface area contributed by atoms with Gasteiger partial charge in [0.2, 0.25) is 5.91 Å². The topological polar surface area (TPSA) is 87.0 Å². The van der Waals surface area contributed by atoms with Crippen molar-refractivity contribution in [3.8, 4) is 0 Å². The average Bonchev–Trinajstić information content (AvgIpc) is 3.02. The Bertz CT molecular complexity index is 669. The van der Waals surface area contributed by atoms with Crippen molar-refractivity contribution in [3.63, 3.8) is 0 Å². The highest BCUT2D eigenvalue weighted by molar-refractivity contribution is 5.77. The summed E-state index contributed by atoms with van der Waals surface area (Å²) in [5, 5.41) is 11.0. The number of likely N-dealkylation sites (tertiary alicyclic amines) is 1. The number of nitrogens with one attached hydrogen (secondary N) is 2. The molecule has 1 amide bonds. The number of H-pyrrole nitrogens is 1. The summed E-state index contributed by atoms with van der Waals surface area (Å²) in [4.78, 5) is 14.3. The maximum absolute atomic E-state index is 12.3. The van der Waals surface area contributed by atoms with E-state index in [-0.39, 0.29) is 5.91 Å². The van der Waals surface area contributed by atoms with Crippen molar-refractivity contribution in [3.05, 3.63) is 23.2 Å². The maximum atomic E-state index is 12.3. The number of hydrogen-bond donors (Lipinski definition) is 3. The van der Waals surface area contributed by atoms with E-state index in [1.54, 1.807) is 0 Å². The quantitative estimate of drug-likeness (QED) is 0.781. The maximum Gasteiger partial charge on any atom is 0.222 e. The number of carbonyl (C=O) groups excluding carboxylic acids is 1. The van der Waals surface area contributed by atoms with E-state index in [9.17, 15) is 4.79 Å². The molecule has 2 aliphatic heterocycles. The van der Waals surface area contributed by atoms with E-state index in [1.807, 2.05) is 17.2 Å². The number of rotatable bonds is 4. The molecular weight excluding hydrogens is 314 g/mol. The summed E-state index contributed by atoms with van der Waals surface area (Å²) in [6.07, 6.45) is 11.2. The third-order valence-corrected chi connectivity index (χ3v) is 6.10. The van der Waals surface area contributed by atoms with Gasteiger partial charge in [0.05, 0.1) is 5.69 Å². The van der Waals surface area contributed by atoms with Gasteiger partial charge in [0.1, 0.15) is 5.66 Å². The summed E-state index contributed by atoms with van der Waals surface area (Å²) >= 11 is 0.